The fraction of sp³-hybridized carbons (Fsp3) is 0.684. The van der Waals surface area contributed by atoms with E-state index in [-0.39, 0.29) is 0 Å². The summed E-state index contributed by atoms with van der Waals surface area (Å²) in [5.41, 5.74) is 2.83. The van der Waals surface area contributed by atoms with Crippen molar-refractivity contribution in [1.29, 1.82) is 0 Å². The number of fused-ring (bicyclic) bond motifs is 1. The van der Waals surface area contributed by atoms with Gasteiger partial charge in [-0.05, 0) is 43.5 Å². The van der Waals surface area contributed by atoms with Crippen molar-refractivity contribution >= 4 is 0 Å². The van der Waals surface area contributed by atoms with Crippen LogP contribution in [-0.2, 0) is 6.42 Å². The zero-order valence-corrected chi connectivity index (χ0v) is 13.5. The topological polar surface area (TPSA) is 21.3 Å². The van der Waals surface area contributed by atoms with E-state index in [1.165, 1.54) is 56.1 Å². The average Bonchev–Trinajstić information content (AvgIpc) is 2.69. The van der Waals surface area contributed by atoms with Gasteiger partial charge in [0.1, 0.15) is 11.9 Å². The number of nitrogens with one attached hydrogen (secondary N) is 1. The van der Waals surface area contributed by atoms with Crippen molar-refractivity contribution < 1.29 is 4.74 Å². The molecule has 2 nitrogen and oxygen atoms in total. The van der Waals surface area contributed by atoms with Crippen LogP contribution in [0.25, 0.3) is 0 Å². The largest absolute Gasteiger partial charge is 0.490 e. The zero-order valence-electron chi connectivity index (χ0n) is 13.5. The Bertz CT molecular complexity index is 463. The van der Waals surface area contributed by atoms with E-state index in [0.29, 0.717) is 12.1 Å². The van der Waals surface area contributed by atoms with Crippen LogP contribution in [0.15, 0.2) is 18.2 Å². The van der Waals surface area contributed by atoms with E-state index < -0.39 is 0 Å². The lowest BCUT2D eigenvalue weighted by molar-refractivity contribution is 0.254. The van der Waals surface area contributed by atoms with E-state index in [2.05, 4.69) is 37.5 Å². The maximum Gasteiger partial charge on any atom is 0.123 e. The smallest absolute Gasteiger partial charge is 0.123 e. The van der Waals surface area contributed by atoms with Gasteiger partial charge in [-0.1, -0.05) is 50.7 Å². The second-order valence-corrected chi connectivity index (χ2v) is 6.93. The molecule has 1 aliphatic carbocycles. The Morgan fingerprint density at radius 1 is 1.19 bits per heavy atom. The van der Waals surface area contributed by atoms with Crippen LogP contribution < -0.4 is 10.1 Å². The molecule has 0 aromatic heterocycles. The van der Waals surface area contributed by atoms with Gasteiger partial charge in [-0.3, -0.25) is 0 Å². The molecular weight excluding hydrogens is 258 g/mol. The number of hydrogen-bond acceptors (Lipinski definition) is 2. The lowest BCUT2D eigenvalue weighted by Crippen LogP contribution is -2.20. The van der Waals surface area contributed by atoms with Crippen molar-refractivity contribution in [2.24, 2.45) is 5.92 Å². The van der Waals surface area contributed by atoms with Gasteiger partial charge < -0.3 is 10.1 Å². The first kappa shape index (κ1) is 14.9. The summed E-state index contributed by atoms with van der Waals surface area (Å²) in [6, 6.07) is 7.30. The molecule has 2 aliphatic rings. The highest BCUT2D eigenvalue weighted by Crippen LogP contribution is 2.35. The van der Waals surface area contributed by atoms with Crippen LogP contribution >= 0.6 is 0 Å². The Morgan fingerprint density at radius 3 is 2.67 bits per heavy atom. The van der Waals surface area contributed by atoms with Crippen molar-refractivity contribution in [2.45, 2.75) is 70.4 Å². The number of ether oxygens (including phenoxy) is 1. The molecule has 1 saturated carbocycles. The van der Waals surface area contributed by atoms with E-state index in [1.807, 2.05) is 0 Å². The molecule has 0 saturated heterocycles. The third-order valence-corrected chi connectivity index (χ3v) is 5.21. The van der Waals surface area contributed by atoms with Gasteiger partial charge in [0.2, 0.25) is 0 Å². The summed E-state index contributed by atoms with van der Waals surface area (Å²) in [7, 11) is 2.10. The van der Waals surface area contributed by atoms with Crippen molar-refractivity contribution in [2.75, 3.05) is 7.05 Å². The molecule has 116 valence electrons. The number of hydrogen-bond donors (Lipinski definition) is 1. The highest BCUT2D eigenvalue weighted by Gasteiger charge is 2.22. The maximum absolute atomic E-state index is 5.82. The first-order chi connectivity index (χ1) is 10.3. The summed E-state index contributed by atoms with van der Waals surface area (Å²) in [6.07, 6.45) is 11.3. The molecular formula is C19H29NO. The molecule has 1 fully saturated rings. The molecule has 1 aromatic rings. The summed E-state index contributed by atoms with van der Waals surface area (Å²) >= 11 is 0. The quantitative estimate of drug-likeness (QED) is 0.815. The summed E-state index contributed by atoms with van der Waals surface area (Å²) in [5.74, 6) is 1.99. The molecule has 0 spiro atoms. The Hall–Kier alpha value is -1.02. The summed E-state index contributed by atoms with van der Waals surface area (Å²) in [6.45, 7) is 2.15. The minimum atomic E-state index is 0.338. The van der Waals surface area contributed by atoms with E-state index in [0.717, 1.165) is 18.1 Å². The number of benzene rings is 1. The highest BCUT2D eigenvalue weighted by molar-refractivity contribution is 5.41. The van der Waals surface area contributed by atoms with Crippen LogP contribution in [-0.4, -0.2) is 13.2 Å². The minimum absolute atomic E-state index is 0.338. The monoisotopic (exact) mass is 287 g/mol. The summed E-state index contributed by atoms with van der Waals surface area (Å²) in [5, 5.41) is 3.55. The summed E-state index contributed by atoms with van der Waals surface area (Å²) < 4.78 is 5.82. The van der Waals surface area contributed by atoms with Crippen molar-refractivity contribution in [3.8, 4) is 5.75 Å². The van der Waals surface area contributed by atoms with Gasteiger partial charge in [-0.25, -0.2) is 0 Å². The first-order valence-corrected chi connectivity index (χ1v) is 8.73. The third kappa shape index (κ3) is 3.60. The van der Waals surface area contributed by atoms with Gasteiger partial charge in [0.05, 0.1) is 0 Å². The van der Waals surface area contributed by atoms with Gasteiger partial charge >= 0.3 is 0 Å². The lowest BCUT2D eigenvalue weighted by atomic mass is 9.89. The average molecular weight is 287 g/mol. The molecule has 1 N–H and O–H groups in total. The number of rotatable bonds is 4. The van der Waals surface area contributed by atoms with Gasteiger partial charge in [-0.15, -0.1) is 0 Å². The molecule has 2 atom stereocenters. The maximum atomic E-state index is 5.82. The highest BCUT2D eigenvalue weighted by atomic mass is 16.5. The standard InChI is InChI=1S/C19H29NO/c1-14-11-17-13-16(9-10-19(17)21-14)18(20-2)12-15-7-5-3-4-6-8-15/h9-10,13-15,18,20H,3-8,11-12H2,1-2H3. The van der Waals surface area contributed by atoms with E-state index >= 15 is 0 Å². The minimum Gasteiger partial charge on any atom is -0.490 e. The molecule has 0 bridgehead atoms. The van der Waals surface area contributed by atoms with Gasteiger partial charge in [0.25, 0.3) is 0 Å². The normalized spacial score (nSPS) is 24.2. The Morgan fingerprint density at radius 2 is 1.95 bits per heavy atom. The molecule has 0 amide bonds. The zero-order chi connectivity index (χ0) is 14.7. The predicted molar refractivity (Wildman–Crippen MR) is 87.8 cm³/mol. The van der Waals surface area contributed by atoms with Gasteiger partial charge in [-0.2, -0.15) is 0 Å². The molecule has 0 radical (unpaired) electrons. The van der Waals surface area contributed by atoms with Crippen LogP contribution in [0.5, 0.6) is 5.75 Å². The van der Waals surface area contributed by atoms with Crippen molar-refractivity contribution in [3.63, 3.8) is 0 Å². The van der Waals surface area contributed by atoms with Gasteiger partial charge in [0, 0.05) is 12.5 Å². The summed E-state index contributed by atoms with van der Waals surface area (Å²) in [4.78, 5) is 0. The van der Waals surface area contributed by atoms with Crippen molar-refractivity contribution in [1.82, 2.24) is 5.32 Å². The Labute approximate surface area is 129 Å². The SMILES string of the molecule is CNC(CC1CCCCCC1)c1ccc2c(c1)CC(C)O2. The molecule has 1 aromatic carbocycles. The Balaban J connectivity index is 1.69. The molecule has 2 heteroatoms. The Kier molecular flexibility index (Phi) is 4.84. The van der Waals surface area contributed by atoms with Crippen LogP contribution in [0.2, 0.25) is 0 Å². The van der Waals surface area contributed by atoms with Crippen LogP contribution in [0.1, 0.15) is 69.0 Å². The molecule has 1 heterocycles. The predicted octanol–water partition coefficient (Wildman–Crippen LogP) is 4.63. The molecule has 1 aliphatic heterocycles. The van der Waals surface area contributed by atoms with E-state index in [1.54, 1.807) is 0 Å². The molecule has 3 rings (SSSR count). The first-order valence-electron chi connectivity index (χ1n) is 8.73. The van der Waals surface area contributed by atoms with E-state index in [4.69, 9.17) is 4.74 Å². The second kappa shape index (κ2) is 6.83. The fourth-order valence-corrected chi connectivity index (χ4v) is 4.01. The van der Waals surface area contributed by atoms with Crippen molar-refractivity contribution in [3.05, 3.63) is 29.3 Å². The van der Waals surface area contributed by atoms with Gasteiger partial charge in [0.15, 0.2) is 0 Å². The van der Waals surface area contributed by atoms with Crippen LogP contribution in [0.4, 0.5) is 0 Å². The lowest BCUT2D eigenvalue weighted by Gasteiger charge is -2.23. The third-order valence-electron chi connectivity index (χ3n) is 5.21. The molecule has 2 unspecified atom stereocenters. The molecule has 21 heavy (non-hydrogen) atoms. The van der Waals surface area contributed by atoms with Crippen LogP contribution in [0.3, 0.4) is 0 Å². The van der Waals surface area contributed by atoms with Crippen LogP contribution in [0, 0.1) is 5.92 Å². The fourth-order valence-electron chi connectivity index (χ4n) is 4.01. The van der Waals surface area contributed by atoms with E-state index in [9.17, 15) is 0 Å². The second-order valence-electron chi connectivity index (χ2n) is 6.93.